The zero-order chi connectivity index (χ0) is 31.6. The molecule has 0 atom stereocenters. The van der Waals surface area contributed by atoms with E-state index in [1.807, 2.05) is 0 Å². The Labute approximate surface area is 251 Å². The van der Waals surface area contributed by atoms with Gasteiger partial charge in [0.2, 0.25) is 47.6 Å². The average Bonchev–Trinajstić information content (AvgIpc) is 2.91. The first-order chi connectivity index (χ1) is 21.0. The number of nitrogen functional groups attached to an aromatic ring is 8. The van der Waals surface area contributed by atoms with Crippen molar-refractivity contribution in [1.82, 2.24) is 69.6 Å². The Morgan fingerprint density at radius 1 is 0.273 bits per heavy atom. The van der Waals surface area contributed by atoms with Crippen molar-refractivity contribution in [2.45, 2.75) is 25.7 Å². The van der Waals surface area contributed by atoms with Gasteiger partial charge in [0, 0.05) is 65.0 Å². The molecule has 0 aliphatic rings. The van der Waals surface area contributed by atoms with Crippen LogP contribution in [0.1, 0.15) is 23.3 Å². The Bertz CT molecular complexity index is 1240. The van der Waals surface area contributed by atoms with Crippen LogP contribution in [0.3, 0.4) is 0 Å². The Kier molecular flexibility index (Phi) is 10.3. The molecule has 0 aliphatic carbocycles. The lowest BCUT2D eigenvalue weighted by Gasteiger charge is -2.27. The van der Waals surface area contributed by atoms with Gasteiger partial charge in [0.25, 0.3) is 0 Å². The van der Waals surface area contributed by atoms with Crippen LogP contribution in [0.4, 0.5) is 47.6 Å². The van der Waals surface area contributed by atoms with Crippen LogP contribution >= 0.6 is 0 Å². The van der Waals surface area contributed by atoms with Gasteiger partial charge in [-0.25, -0.2) is 0 Å². The van der Waals surface area contributed by atoms with Gasteiger partial charge in [-0.3, -0.25) is 0 Å². The van der Waals surface area contributed by atoms with Crippen molar-refractivity contribution in [1.29, 1.82) is 0 Å². The van der Waals surface area contributed by atoms with Crippen molar-refractivity contribution >= 4 is 47.6 Å². The molecule has 44 heavy (non-hydrogen) atoms. The van der Waals surface area contributed by atoms with Crippen LogP contribution in [-0.2, 0) is 25.7 Å². The van der Waals surface area contributed by atoms with E-state index in [9.17, 15) is 0 Å². The number of hydrogen-bond acceptors (Lipinski definition) is 22. The normalized spacial score (nSPS) is 11.4. The van der Waals surface area contributed by atoms with Crippen LogP contribution < -0.4 is 45.9 Å². The second-order valence-corrected chi connectivity index (χ2v) is 9.56. The van der Waals surface area contributed by atoms with Crippen LogP contribution in [0.25, 0.3) is 0 Å². The first-order valence-electron chi connectivity index (χ1n) is 13.5. The second kappa shape index (κ2) is 14.5. The number of hydrogen-bond donors (Lipinski definition) is 8. The molecule has 22 heteroatoms. The summed E-state index contributed by atoms with van der Waals surface area (Å²) in [5.41, 5.74) is 46.1. The molecule has 4 aromatic rings. The number of nitrogens with zero attached hydrogens (tertiary/aromatic N) is 14. The van der Waals surface area contributed by atoms with Gasteiger partial charge in [-0.1, -0.05) is 0 Å². The van der Waals surface area contributed by atoms with E-state index in [0.29, 0.717) is 88.2 Å². The largest absolute Gasteiger partial charge is 0.368 e. The molecule has 4 aromatic heterocycles. The van der Waals surface area contributed by atoms with Gasteiger partial charge in [0.15, 0.2) is 0 Å². The molecule has 0 saturated heterocycles. The van der Waals surface area contributed by atoms with Crippen LogP contribution in [0, 0.1) is 0 Å². The molecule has 0 aliphatic heterocycles. The summed E-state index contributed by atoms with van der Waals surface area (Å²) >= 11 is 0. The summed E-state index contributed by atoms with van der Waals surface area (Å²) in [5.74, 6) is 2.34. The predicted molar refractivity (Wildman–Crippen MR) is 162 cm³/mol. The van der Waals surface area contributed by atoms with Crippen LogP contribution in [0.15, 0.2) is 0 Å². The molecule has 0 bridgehead atoms. The summed E-state index contributed by atoms with van der Waals surface area (Å²) in [6.07, 6.45) is 1.85. The molecule has 4 heterocycles. The third kappa shape index (κ3) is 10.0. The monoisotopic (exact) mass is 608 g/mol. The van der Waals surface area contributed by atoms with Gasteiger partial charge in [0.1, 0.15) is 23.3 Å². The lowest BCUT2D eigenvalue weighted by molar-refractivity contribution is 0.205. The molecule has 0 saturated carbocycles. The van der Waals surface area contributed by atoms with E-state index in [2.05, 4.69) is 69.6 Å². The second-order valence-electron chi connectivity index (χ2n) is 9.56. The minimum absolute atomic E-state index is 0.0561. The highest BCUT2D eigenvalue weighted by Gasteiger charge is 2.15. The highest BCUT2D eigenvalue weighted by atomic mass is 15.2. The lowest BCUT2D eigenvalue weighted by atomic mass is 10.2. The Balaban J connectivity index is 1.47. The Hall–Kier alpha value is -5.64. The van der Waals surface area contributed by atoms with Crippen LogP contribution in [0.2, 0.25) is 0 Å². The van der Waals surface area contributed by atoms with E-state index in [1.54, 1.807) is 0 Å². The minimum atomic E-state index is 0.0561. The Morgan fingerprint density at radius 2 is 0.455 bits per heavy atom. The van der Waals surface area contributed by atoms with Gasteiger partial charge in [-0.2, -0.15) is 59.8 Å². The van der Waals surface area contributed by atoms with Crippen molar-refractivity contribution in [2.75, 3.05) is 85.1 Å². The zero-order valence-electron chi connectivity index (χ0n) is 24.0. The molecule has 0 spiro atoms. The molecule has 234 valence electrons. The minimum Gasteiger partial charge on any atom is -0.368 e. The van der Waals surface area contributed by atoms with Gasteiger partial charge in [0.05, 0.1) is 0 Å². The van der Waals surface area contributed by atoms with E-state index >= 15 is 0 Å². The van der Waals surface area contributed by atoms with E-state index in [-0.39, 0.29) is 47.6 Å². The van der Waals surface area contributed by atoms with Crippen molar-refractivity contribution in [3.8, 4) is 0 Å². The van der Waals surface area contributed by atoms with Crippen molar-refractivity contribution in [2.24, 2.45) is 0 Å². The quantitative estimate of drug-likeness (QED) is 0.0636. The van der Waals surface area contributed by atoms with E-state index < -0.39 is 0 Å². The van der Waals surface area contributed by atoms with Crippen molar-refractivity contribution in [3.63, 3.8) is 0 Å². The first-order valence-corrected chi connectivity index (χ1v) is 13.5. The third-order valence-electron chi connectivity index (χ3n) is 6.20. The molecule has 4 rings (SSSR count). The molecular formula is C22H36N22. The molecule has 0 unspecified atom stereocenters. The number of aromatic nitrogens is 12. The van der Waals surface area contributed by atoms with Crippen molar-refractivity contribution < 1.29 is 0 Å². The lowest BCUT2D eigenvalue weighted by Crippen LogP contribution is -2.39. The van der Waals surface area contributed by atoms with Crippen LogP contribution in [-0.4, -0.2) is 109 Å². The first kappa shape index (κ1) is 31.3. The van der Waals surface area contributed by atoms with E-state index in [4.69, 9.17) is 45.9 Å². The molecule has 0 aromatic carbocycles. The zero-order valence-corrected chi connectivity index (χ0v) is 24.0. The molecular weight excluding hydrogens is 572 g/mol. The van der Waals surface area contributed by atoms with Crippen LogP contribution in [0.5, 0.6) is 0 Å². The molecule has 16 N–H and O–H groups in total. The van der Waals surface area contributed by atoms with Gasteiger partial charge in [-0.15, -0.1) is 0 Å². The molecule has 0 radical (unpaired) electrons. The summed E-state index contributed by atoms with van der Waals surface area (Å²) in [4.78, 5) is 53.2. The molecule has 22 nitrogen and oxygen atoms in total. The van der Waals surface area contributed by atoms with Crippen molar-refractivity contribution in [3.05, 3.63) is 23.3 Å². The van der Waals surface area contributed by atoms with Gasteiger partial charge < -0.3 is 55.7 Å². The smallest absolute Gasteiger partial charge is 0.225 e. The molecule has 0 fully saturated rings. The Morgan fingerprint density at radius 3 is 0.636 bits per heavy atom. The maximum atomic E-state index is 5.76. The van der Waals surface area contributed by atoms with E-state index in [1.165, 1.54) is 0 Å². The number of nitrogens with two attached hydrogens (primary N) is 8. The number of anilines is 8. The van der Waals surface area contributed by atoms with Gasteiger partial charge in [-0.05, 0) is 0 Å². The maximum absolute atomic E-state index is 5.76. The summed E-state index contributed by atoms with van der Waals surface area (Å²) in [6.45, 7) is 3.49. The average molecular weight is 609 g/mol. The highest BCUT2D eigenvalue weighted by molar-refractivity contribution is 5.28. The van der Waals surface area contributed by atoms with E-state index in [0.717, 1.165) is 0 Å². The fraction of sp³-hybridized carbons (Fsp3) is 0.455. The third-order valence-corrected chi connectivity index (χ3v) is 6.20. The SMILES string of the molecule is Nc1nc(N)nc(CCN(CCc2nc(N)nc(N)n2)CCN(CCc2nc(N)nc(N)n2)CCc2nc(N)nc(N)n2)n1. The predicted octanol–water partition coefficient (Wildman–Crippen LogP) is -4.04. The maximum Gasteiger partial charge on any atom is 0.225 e. The summed E-state index contributed by atoms with van der Waals surface area (Å²) in [5, 5.41) is 0. The molecule has 0 amide bonds. The summed E-state index contributed by atoms with van der Waals surface area (Å²) in [6, 6.07) is 0. The fourth-order valence-electron chi connectivity index (χ4n) is 4.26. The topological polar surface area (TPSA) is 369 Å². The fourth-order valence-corrected chi connectivity index (χ4v) is 4.26. The highest BCUT2D eigenvalue weighted by Crippen LogP contribution is 2.08. The van der Waals surface area contributed by atoms with Gasteiger partial charge >= 0.3 is 0 Å². The summed E-state index contributed by atoms with van der Waals surface area (Å²) in [7, 11) is 0. The number of rotatable bonds is 15. The summed E-state index contributed by atoms with van der Waals surface area (Å²) < 4.78 is 0. The standard InChI is InChI=1S/C22H36N22/c23-15-31-11(32-16(24)39-15)1-5-43(6-2-12-33-17(25)40-18(26)34-12)9-10-44(7-3-13-35-19(27)41-20(28)36-13)8-4-14-37-21(29)42-22(30)38-14/h1-10H2,(H4,23,24,31,32,39)(H4,25,26,33,34,40)(H4,27,28,35,36,41)(H4,29,30,37,38,42).